The van der Waals surface area contributed by atoms with Crippen molar-refractivity contribution in [2.24, 2.45) is 0 Å². The average Bonchev–Trinajstić information content (AvgIpc) is 3.10. The van der Waals surface area contributed by atoms with Crippen molar-refractivity contribution in [2.45, 2.75) is 39.9 Å². The van der Waals surface area contributed by atoms with Crippen molar-refractivity contribution in [3.8, 4) is 0 Å². The van der Waals surface area contributed by atoms with Crippen molar-refractivity contribution < 1.29 is 5.11 Å². The molecule has 0 aliphatic carbocycles. The molecular formula is C17H26N4OS. The molecular weight excluding hydrogens is 308 g/mol. The predicted molar refractivity (Wildman–Crippen MR) is 93.8 cm³/mol. The fourth-order valence-electron chi connectivity index (χ4n) is 3.25. The fraction of sp³-hybridized carbons (Fsp3) is 0.588. The summed E-state index contributed by atoms with van der Waals surface area (Å²) in [6.45, 7) is 10.0. The predicted octanol–water partition coefficient (Wildman–Crippen LogP) is 1.70. The van der Waals surface area contributed by atoms with Crippen molar-refractivity contribution >= 4 is 11.3 Å². The second kappa shape index (κ2) is 7.57. The van der Waals surface area contributed by atoms with Gasteiger partial charge in [-0.15, -0.1) is 11.3 Å². The zero-order valence-electron chi connectivity index (χ0n) is 14.0. The molecule has 0 fully saturated rings. The summed E-state index contributed by atoms with van der Waals surface area (Å²) in [7, 11) is 0. The zero-order valence-corrected chi connectivity index (χ0v) is 14.8. The Balaban J connectivity index is 1.45. The molecule has 5 nitrogen and oxygen atoms in total. The molecule has 0 aromatic carbocycles. The summed E-state index contributed by atoms with van der Waals surface area (Å²) in [4.78, 5) is 4.09. The molecule has 2 aromatic rings. The topological polar surface area (TPSA) is 53.3 Å². The van der Waals surface area contributed by atoms with Crippen LogP contribution in [0.3, 0.4) is 0 Å². The Kier molecular flexibility index (Phi) is 5.48. The molecule has 6 heteroatoms. The lowest BCUT2D eigenvalue weighted by Gasteiger charge is -2.26. The van der Waals surface area contributed by atoms with E-state index in [1.807, 2.05) is 22.9 Å². The van der Waals surface area contributed by atoms with Crippen LogP contribution >= 0.6 is 11.3 Å². The van der Waals surface area contributed by atoms with Crippen LogP contribution in [0.15, 0.2) is 11.4 Å². The highest BCUT2D eigenvalue weighted by Gasteiger charge is 2.16. The summed E-state index contributed by atoms with van der Waals surface area (Å²) in [5, 5.41) is 19.3. The summed E-state index contributed by atoms with van der Waals surface area (Å²) < 4.78 is 1.90. The molecule has 23 heavy (non-hydrogen) atoms. The number of rotatable bonds is 7. The molecule has 1 aliphatic heterocycles. The molecule has 0 bridgehead atoms. The van der Waals surface area contributed by atoms with Gasteiger partial charge in [-0.05, 0) is 37.3 Å². The standard InChI is InChI=1S/C17H26N4OS/c1-13-16(14(2)21(19-13)8-9-22)11-18-5-7-20-6-3-17-15(12-20)4-10-23-17/h4,10,18,22H,3,5-9,11-12H2,1-2H3. The van der Waals surface area contributed by atoms with Crippen LogP contribution in [0.4, 0.5) is 0 Å². The molecule has 0 amide bonds. The lowest BCUT2D eigenvalue weighted by atomic mass is 10.1. The van der Waals surface area contributed by atoms with E-state index in [2.05, 4.69) is 33.7 Å². The van der Waals surface area contributed by atoms with Crippen LogP contribution in [-0.4, -0.2) is 46.0 Å². The van der Waals surface area contributed by atoms with Crippen LogP contribution in [0.1, 0.15) is 27.4 Å². The minimum absolute atomic E-state index is 0.133. The van der Waals surface area contributed by atoms with Gasteiger partial charge in [0.1, 0.15) is 0 Å². The number of thiophene rings is 1. The third-order valence-corrected chi connectivity index (χ3v) is 5.66. The Bertz CT molecular complexity index is 649. The van der Waals surface area contributed by atoms with Gasteiger partial charge in [-0.2, -0.15) is 5.10 Å². The summed E-state index contributed by atoms with van der Waals surface area (Å²) in [6.07, 6.45) is 1.19. The summed E-state index contributed by atoms with van der Waals surface area (Å²) in [5.74, 6) is 0. The highest BCUT2D eigenvalue weighted by Crippen LogP contribution is 2.23. The summed E-state index contributed by atoms with van der Waals surface area (Å²) in [6, 6.07) is 2.27. The molecule has 1 aliphatic rings. The SMILES string of the molecule is Cc1nn(CCO)c(C)c1CNCCN1CCc2sccc2C1. The minimum atomic E-state index is 0.133. The van der Waals surface area contributed by atoms with Crippen molar-refractivity contribution in [1.82, 2.24) is 20.0 Å². The Morgan fingerprint density at radius 1 is 1.35 bits per heavy atom. The van der Waals surface area contributed by atoms with Crippen molar-refractivity contribution in [1.29, 1.82) is 0 Å². The van der Waals surface area contributed by atoms with E-state index in [1.165, 1.54) is 24.1 Å². The quantitative estimate of drug-likeness (QED) is 0.757. The number of nitrogens with one attached hydrogen (secondary N) is 1. The van der Waals surface area contributed by atoms with E-state index in [1.54, 1.807) is 4.88 Å². The first-order chi connectivity index (χ1) is 11.2. The molecule has 0 radical (unpaired) electrons. The van der Waals surface area contributed by atoms with Crippen LogP contribution in [0.5, 0.6) is 0 Å². The Hall–Kier alpha value is -1.21. The van der Waals surface area contributed by atoms with Crippen LogP contribution in [-0.2, 0) is 26.1 Å². The Labute approximate surface area is 141 Å². The number of aliphatic hydroxyl groups is 1. The molecule has 0 saturated heterocycles. The first-order valence-corrected chi connectivity index (χ1v) is 9.19. The summed E-state index contributed by atoms with van der Waals surface area (Å²) >= 11 is 1.89. The second-order valence-electron chi connectivity index (χ2n) is 6.17. The smallest absolute Gasteiger partial charge is 0.0644 e. The van der Waals surface area contributed by atoms with Crippen LogP contribution in [0, 0.1) is 13.8 Å². The van der Waals surface area contributed by atoms with Gasteiger partial charge >= 0.3 is 0 Å². The van der Waals surface area contributed by atoms with E-state index in [0.29, 0.717) is 6.54 Å². The number of fused-ring (bicyclic) bond motifs is 1. The highest BCUT2D eigenvalue weighted by molar-refractivity contribution is 7.10. The fourth-order valence-corrected chi connectivity index (χ4v) is 4.14. The van der Waals surface area contributed by atoms with Gasteiger partial charge in [0.05, 0.1) is 18.8 Å². The third-order valence-electron chi connectivity index (χ3n) is 4.64. The third kappa shape index (κ3) is 3.83. The molecule has 2 N–H and O–H groups in total. The van der Waals surface area contributed by atoms with E-state index in [0.717, 1.165) is 37.6 Å². The number of aryl methyl sites for hydroxylation is 1. The number of hydrogen-bond acceptors (Lipinski definition) is 5. The molecule has 0 saturated carbocycles. The zero-order chi connectivity index (χ0) is 16.2. The number of aromatic nitrogens is 2. The maximum absolute atomic E-state index is 9.08. The van der Waals surface area contributed by atoms with Crippen LogP contribution in [0.25, 0.3) is 0 Å². The minimum Gasteiger partial charge on any atom is -0.394 e. The lowest BCUT2D eigenvalue weighted by molar-refractivity contribution is 0.255. The van der Waals surface area contributed by atoms with Gasteiger partial charge in [0, 0.05) is 48.9 Å². The molecule has 0 spiro atoms. The monoisotopic (exact) mass is 334 g/mol. The largest absolute Gasteiger partial charge is 0.394 e. The maximum atomic E-state index is 9.08. The van der Waals surface area contributed by atoms with Crippen molar-refractivity contribution in [3.05, 3.63) is 38.8 Å². The highest BCUT2D eigenvalue weighted by atomic mass is 32.1. The van der Waals surface area contributed by atoms with Gasteiger partial charge in [-0.1, -0.05) is 0 Å². The van der Waals surface area contributed by atoms with Gasteiger partial charge in [-0.25, -0.2) is 0 Å². The van der Waals surface area contributed by atoms with E-state index in [-0.39, 0.29) is 6.61 Å². The molecule has 3 heterocycles. The van der Waals surface area contributed by atoms with Gasteiger partial charge < -0.3 is 10.4 Å². The molecule has 2 aromatic heterocycles. The molecule has 3 rings (SSSR count). The van der Waals surface area contributed by atoms with Crippen LogP contribution in [0.2, 0.25) is 0 Å². The number of hydrogen-bond donors (Lipinski definition) is 2. The van der Waals surface area contributed by atoms with E-state index in [4.69, 9.17) is 5.11 Å². The average molecular weight is 334 g/mol. The Morgan fingerprint density at radius 2 is 2.22 bits per heavy atom. The lowest BCUT2D eigenvalue weighted by Crippen LogP contribution is -2.35. The van der Waals surface area contributed by atoms with Crippen LogP contribution < -0.4 is 5.32 Å². The molecule has 126 valence electrons. The van der Waals surface area contributed by atoms with Gasteiger partial charge in [0.2, 0.25) is 0 Å². The Morgan fingerprint density at radius 3 is 3.04 bits per heavy atom. The summed E-state index contributed by atoms with van der Waals surface area (Å²) in [5.41, 5.74) is 4.99. The number of aliphatic hydroxyl groups excluding tert-OH is 1. The van der Waals surface area contributed by atoms with Crippen molar-refractivity contribution in [2.75, 3.05) is 26.2 Å². The second-order valence-corrected chi connectivity index (χ2v) is 7.17. The normalized spacial score (nSPS) is 15.1. The molecule has 0 unspecified atom stereocenters. The van der Waals surface area contributed by atoms with Gasteiger partial charge in [0.15, 0.2) is 0 Å². The van der Waals surface area contributed by atoms with Gasteiger partial charge in [0.25, 0.3) is 0 Å². The first kappa shape index (κ1) is 16.6. The molecule has 0 atom stereocenters. The first-order valence-electron chi connectivity index (χ1n) is 8.31. The maximum Gasteiger partial charge on any atom is 0.0644 e. The van der Waals surface area contributed by atoms with E-state index in [9.17, 15) is 0 Å². The van der Waals surface area contributed by atoms with Gasteiger partial charge in [-0.3, -0.25) is 9.58 Å². The number of nitrogens with zero attached hydrogens (tertiary/aromatic N) is 3. The van der Waals surface area contributed by atoms with Crippen molar-refractivity contribution in [3.63, 3.8) is 0 Å². The van der Waals surface area contributed by atoms with E-state index >= 15 is 0 Å². The van der Waals surface area contributed by atoms with E-state index < -0.39 is 0 Å².